The van der Waals surface area contributed by atoms with Crippen LogP contribution in [0.15, 0.2) is 58.4 Å². The first-order chi connectivity index (χ1) is 14.5. The second kappa shape index (κ2) is 10.1. The van der Waals surface area contributed by atoms with Crippen molar-refractivity contribution in [3.05, 3.63) is 63.9 Å². The Labute approximate surface area is 184 Å². The number of hydrogen-bond acceptors (Lipinski definition) is 7. The highest BCUT2D eigenvalue weighted by molar-refractivity contribution is 9.10. The van der Waals surface area contributed by atoms with E-state index in [0.717, 1.165) is 15.7 Å². The molecule has 3 rings (SSSR count). The third-order valence-corrected chi connectivity index (χ3v) is 5.21. The van der Waals surface area contributed by atoms with E-state index in [1.54, 1.807) is 48.5 Å². The van der Waals surface area contributed by atoms with Gasteiger partial charge in [0.05, 0.1) is 19.6 Å². The Kier molecular flexibility index (Phi) is 7.26. The van der Waals surface area contributed by atoms with Crippen molar-refractivity contribution in [3.63, 3.8) is 0 Å². The molecule has 0 saturated carbocycles. The van der Waals surface area contributed by atoms with Crippen molar-refractivity contribution in [3.8, 4) is 11.3 Å². The minimum Gasteiger partial charge on any atom is -0.469 e. The van der Waals surface area contributed by atoms with Crippen molar-refractivity contribution in [2.75, 3.05) is 12.4 Å². The second-order valence-electron chi connectivity index (χ2n) is 6.18. The summed E-state index contributed by atoms with van der Waals surface area (Å²) in [6.45, 7) is 0. The summed E-state index contributed by atoms with van der Waals surface area (Å²) in [4.78, 5) is 36.5. The number of ether oxygens (including phenoxy) is 1. The highest BCUT2D eigenvalue weighted by Crippen LogP contribution is 2.21. The third kappa shape index (κ3) is 5.71. The summed E-state index contributed by atoms with van der Waals surface area (Å²) in [6, 6.07) is 13.2. The van der Waals surface area contributed by atoms with E-state index in [2.05, 4.69) is 36.2 Å². The quantitative estimate of drug-likeness (QED) is 0.406. The van der Waals surface area contributed by atoms with Crippen molar-refractivity contribution in [2.45, 2.75) is 12.5 Å². The zero-order valence-corrected chi connectivity index (χ0v) is 18.2. The van der Waals surface area contributed by atoms with Gasteiger partial charge in [-0.2, -0.15) is 0 Å². The zero-order valence-electron chi connectivity index (χ0n) is 15.8. The van der Waals surface area contributed by atoms with E-state index in [1.807, 2.05) is 5.38 Å². The summed E-state index contributed by atoms with van der Waals surface area (Å²) < 4.78 is 9.36. The molecule has 8 nitrogen and oxygen atoms in total. The second-order valence-corrected chi connectivity index (χ2v) is 7.70. The lowest BCUT2D eigenvalue weighted by Crippen LogP contribution is -2.38. The van der Waals surface area contributed by atoms with Gasteiger partial charge in [0, 0.05) is 21.1 Å². The maximum Gasteiger partial charge on any atom is 0.313 e. The van der Waals surface area contributed by atoms with Crippen molar-refractivity contribution in [1.82, 2.24) is 14.9 Å². The van der Waals surface area contributed by atoms with Crippen molar-refractivity contribution >= 4 is 50.9 Å². The van der Waals surface area contributed by atoms with Gasteiger partial charge in [0.2, 0.25) is 0 Å². The summed E-state index contributed by atoms with van der Waals surface area (Å²) in [7, 11) is 1.26. The van der Waals surface area contributed by atoms with Gasteiger partial charge in [0.15, 0.2) is 0 Å². The number of rotatable bonds is 6. The van der Waals surface area contributed by atoms with Crippen molar-refractivity contribution < 1.29 is 19.1 Å². The molecule has 0 unspecified atom stereocenters. The third-order valence-electron chi connectivity index (χ3n) is 4.18. The van der Waals surface area contributed by atoms with Gasteiger partial charge in [0.25, 0.3) is 0 Å². The Balaban J connectivity index is 1.66. The highest BCUT2D eigenvalue weighted by Gasteiger charge is 2.23. The molecule has 0 bridgehead atoms. The number of methoxy groups -OCH3 is 1. The smallest absolute Gasteiger partial charge is 0.313 e. The molecule has 30 heavy (non-hydrogen) atoms. The van der Waals surface area contributed by atoms with E-state index in [9.17, 15) is 14.4 Å². The van der Waals surface area contributed by atoms with E-state index in [4.69, 9.17) is 4.74 Å². The molecule has 1 aromatic heterocycles. The van der Waals surface area contributed by atoms with Crippen molar-refractivity contribution in [1.29, 1.82) is 0 Å². The van der Waals surface area contributed by atoms with Gasteiger partial charge in [0.1, 0.15) is 5.69 Å². The molecule has 3 aromatic rings. The van der Waals surface area contributed by atoms with Crippen LogP contribution in [0.2, 0.25) is 0 Å². The molecular weight excluding hydrogens is 472 g/mol. The van der Waals surface area contributed by atoms with Crippen LogP contribution in [-0.4, -0.2) is 34.5 Å². The molecule has 0 saturated heterocycles. The van der Waals surface area contributed by atoms with Crippen LogP contribution in [0.25, 0.3) is 11.3 Å². The predicted octanol–water partition coefficient (Wildman–Crippen LogP) is 3.33. The molecule has 0 aliphatic heterocycles. The first kappa shape index (κ1) is 21.6. The van der Waals surface area contributed by atoms with E-state index in [0.29, 0.717) is 11.3 Å². The molecule has 1 atom stereocenters. The minimum absolute atomic E-state index is 0.104. The van der Waals surface area contributed by atoms with Crippen LogP contribution >= 0.6 is 27.5 Å². The molecule has 2 N–H and O–H groups in total. The minimum atomic E-state index is -0.861. The van der Waals surface area contributed by atoms with Gasteiger partial charge in [-0.3, -0.25) is 14.4 Å². The number of carbonyl (C=O) groups is 3. The SMILES string of the molecule is COC(=O)C[C@@H](NC(=O)C(=O)Nc1ccc(-c2csnn2)cc1)c1ccc(Br)cc1. The van der Waals surface area contributed by atoms with E-state index in [1.165, 1.54) is 18.6 Å². The Morgan fingerprint density at radius 1 is 1.07 bits per heavy atom. The fourth-order valence-corrected chi connectivity index (χ4v) is 3.35. The molecule has 154 valence electrons. The van der Waals surface area contributed by atoms with Gasteiger partial charge in [-0.15, -0.1) is 5.10 Å². The predicted molar refractivity (Wildman–Crippen MR) is 116 cm³/mol. The number of halogens is 1. The number of benzene rings is 2. The Morgan fingerprint density at radius 3 is 2.37 bits per heavy atom. The number of amides is 2. The molecule has 0 fully saturated rings. The highest BCUT2D eigenvalue weighted by atomic mass is 79.9. The number of nitrogens with zero attached hydrogens (tertiary/aromatic N) is 2. The summed E-state index contributed by atoms with van der Waals surface area (Å²) >= 11 is 4.58. The molecule has 10 heteroatoms. The molecule has 2 amide bonds. The summed E-state index contributed by atoms with van der Waals surface area (Å²) in [6.07, 6.45) is -0.104. The van der Waals surface area contributed by atoms with E-state index >= 15 is 0 Å². The fourth-order valence-electron chi connectivity index (χ4n) is 2.62. The molecule has 0 spiro atoms. The Hall–Kier alpha value is -3.11. The average molecular weight is 489 g/mol. The van der Waals surface area contributed by atoms with Gasteiger partial charge < -0.3 is 15.4 Å². The number of anilines is 1. The largest absolute Gasteiger partial charge is 0.469 e. The van der Waals surface area contributed by atoms with Crippen molar-refractivity contribution in [2.24, 2.45) is 0 Å². The van der Waals surface area contributed by atoms with Crippen LogP contribution in [0.3, 0.4) is 0 Å². The van der Waals surface area contributed by atoms with Crippen LogP contribution in [0.5, 0.6) is 0 Å². The molecule has 0 radical (unpaired) electrons. The van der Waals surface area contributed by atoms with Crippen LogP contribution in [-0.2, 0) is 19.1 Å². The first-order valence-corrected chi connectivity index (χ1v) is 10.4. The van der Waals surface area contributed by atoms with Gasteiger partial charge >= 0.3 is 17.8 Å². The fraction of sp³-hybridized carbons (Fsp3) is 0.150. The lowest BCUT2D eigenvalue weighted by atomic mass is 10.0. The first-order valence-electron chi connectivity index (χ1n) is 8.78. The summed E-state index contributed by atoms with van der Waals surface area (Å²) in [5.74, 6) is -2.21. The summed E-state index contributed by atoms with van der Waals surface area (Å²) in [5, 5.41) is 10.9. The van der Waals surface area contributed by atoms with Crippen LogP contribution in [0.1, 0.15) is 18.0 Å². The average Bonchev–Trinajstić information content (AvgIpc) is 3.29. The maximum absolute atomic E-state index is 12.4. The molecule has 1 heterocycles. The zero-order chi connectivity index (χ0) is 21.5. The van der Waals surface area contributed by atoms with E-state index in [-0.39, 0.29) is 6.42 Å². The molecular formula is C20H17BrN4O4S. The number of hydrogen-bond donors (Lipinski definition) is 2. The van der Waals surface area contributed by atoms with Crippen LogP contribution in [0, 0.1) is 0 Å². The standard InChI is InChI=1S/C20H17BrN4O4S/c1-29-18(26)10-16(12-2-6-14(21)7-3-12)23-20(28)19(27)22-15-8-4-13(5-9-15)17-11-30-25-24-17/h2-9,11,16H,10H2,1H3,(H,22,27)(H,23,28)/t16-/m1/s1. The maximum atomic E-state index is 12.4. The molecule has 2 aromatic carbocycles. The number of aromatic nitrogens is 2. The van der Waals surface area contributed by atoms with Crippen LogP contribution < -0.4 is 10.6 Å². The lowest BCUT2D eigenvalue weighted by Gasteiger charge is -2.18. The Bertz CT molecular complexity index is 1020. The summed E-state index contributed by atoms with van der Waals surface area (Å²) in [5.41, 5.74) is 2.71. The van der Waals surface area contributed by atoms with E-state index < -0.39 is 23.8 Å². The topological polar surface area (TPSA) is 110 Å². The molecule has 0 aliphatic rings. The molecule has 0 aliphatic carbocycles. The van der Waals surface area contributed by atoms with Gasteiger partial charge in [-0.05, 0) is 41.4 Å². The Morgan fingerprint density at radius 2 is 1.77 bits per heavy atom. The van der Waals surface area contributed by atoms with Gasteiger partial charge in [-0.1, -0.05) is 44.7 Å². The lowest BCUT2D eigenvalue weighted by molar-refractivity contribution is -0.142. The number of esters is 1. The normalized spacial score (nSPS) is 11.4. The van der Waals surface area contributed by atoms with Crippen LogP contribution in [0.4, 0.5) is 5.69 Å². The number of carbonyl (C=O) groups excluding carboxylic acids is 3. The number of nitrogens with one attached hydrogen (secondary N) is 2. The van der Waals surface area contributed by atoms with Gasteiger partial charge in [-0.25, -0.2) is 0 Å². The monoisotopic (exact) mass is 488 g/mol.